The van der Waals surface area contributed by atoms with Gasteiger partial charge in [0.1, 0.15) is 5.92 Å². The number of benzene rings is 1. The number of carbonyl (C=O) groups excluding carboxylic acids is 2. The van der Waals surface area contributed by atoms with Crippen molar-refractivity contribution in [3.05, 3.63) is 28.2 Å². The van der Waals surface area contributed by atoms with Gasteiger partial charge in [0.2, 0.25) is 11.1 Å². The normalized spacial score (nSPS) is 11.3. The van der Waals surface area contributed by atoms with Gasteiger partial charge in [0.15, 0.2) is 0 Å². The van der Waals surface area contributed by atoms with Crippen molar-refractivity contribution in [1.82, 2.24) is 0 Å². The predicted molar refractivity (Wildman–Crippen MR) is 77.0 cm³/mol. The van der Waals surface area contributed by atoms with Crippen molar-refractivity contribution >= 4 is 64.0 Å². The maximum Gasteiger partial charge on any atom is 0.236 e. The molecule has 0 saturated carbocycles. The number of hydrogen-bond acceptors (Lipinski definition) is 2. The van der Waals surface area contributed by atoms with Crippen LogP contribution in [0.4, 0.5) is 5.69 Å². The zero-order chi connectivity index (χ0) is 13.0. The van der Waals surface area contributed by atoms with Gasteiger partial charge in [0, 0.05) is 5.02 Å². The van der Waals surface area contributed by atoms with E-state index < -0.39 is 17.1 Å². The molecule has 18 heavy (non-hydrogen) atoms. The van der Waals surface area contributed by atoms with Gasteiger partial charge < -0.3 is 5.32 Å². The summed E-state index contributed by atoms with van der Waals surface area (Å²) in [5.74, 6) is -1.35. The molecule has 0 spiro atoms. The largest absolute Gasteiger partial charge is 0.324 e. The lowest BCUT2D eigenvalue weighted by atomic mass is 10.1. The average Bonchev–Trinajstić information content (AvgIpc) is 2.22. The van der Waals surface area contributed by atoms with E-state index in [4.69, 9.17) is 34.8 Å². The topological polar surface area (TPSA) is 46.2 Å². The first kappa shape index (κ1) is 17.5. The number of carbonyl (C=O) groups is 2. The zero-order valence-corrected chi connectivity index (χ0v) is 12.5. The molecule has 0 bridgehead atoms. The van der Waals surface area contributed by atoms with Crippen molar-refractivity contribution in [3.63, 3.8) is 0 Å². The summed E-state index contributed by atoms with van der Waals surface area (Å²) in [6.45, 7) is 1.70. The summed E-state index contributed by atoms with van der Waals surface area (Å²) in [5, 5.41) is 2.62. The summed E-state index contributed by atoms with van der Waals surface area (Å²) in [7, 11) is 0. The molecule has 1 aromatic rings. The molecular formula is C11H11Cl4NO2. The molecule has 1 rings (SSSR count). The summed E-state index contributed by atoms with van der Waals surface area (Å²) in [6.07, 6.45) is 0.333. The third kappa shape index (κ3) is 4.65. The molecule has 3 nitrogen and oxygen atoms in total. The fraction of sp³-hybridized carbons (Fsp3) is 0.273. The van der Waals surface area contributed by atoms with Gasteiger partial charge in [-0.3, -0.25) is 9.59 Å². The molecule has 0 saturated heterocycles. The molecule has 100 valence electrons. The van der Waals surface area contributed by atoms with Crippen LogP contribution in [0.2, 0.25) is 10.0 Å². The van der Waals surface area contributed by atoms with Gasteiger partial charge in [-0.25, -0.2) is 0 Å². The Bertz CT molecular complexity index is 451. The van der Waals surface area contributed by atoms with E-state index in [2.05, 4.69) is 5.32 Å². The molecule has 0 aromatic heterocycles. The van der Waals surface area contributed by atoms with E-state index in [0.29, 0.717) is 22.2 Å². The highest BCUT2D eigenvalue weighted by Gasteiger charge is 2.23. The van der Waals surface area contributed by atoms with Gasteiger partial charge in [-0.15, -0.1) is 12.4 Å². The lowest BCUT2D eigenvalue weighted by Gasteiger charge is -2.12. The first-order valence-electron chi connectivity index (χ1n) is 4.91. The monoisotopic (exact) mass is 329 g/mol. The fourth-order valence-corrected chi connectivity index (χ4v) is 1.97. The smallest absolute Gasteiger partial charge is 0.236 e. The second kappa shape index (κ2) is 7.85. The number of nitrogens with one attached hydrogen (secondary N) is 1. The molecule has 0 aliphatic rings. The Kier molecular flexibility index (Phi) is 7.64. The SMILES string of the molecule is CCC(C(=O)Cl)C(=O)Nc1ccc(Cl)cc1Cl.Cl. The Morgan fingerprint density at radius 3 is 2.39 bits per heavy atom. The highest BCUT2D eigenvalue weighted by Crippen LogP contribution is 2.26. The third-order valence-corrected chi connectivity index (χ3v) is 3.00. The van der Waals surface area contributed by atoms with E-state index in [1.54, 1.807) is 19.1 Å². The molecule has 0 fully saturated rings. The molecule has 1 atom stereocenters. The minimum atomic E-state index is -0.872. The number of hydrogen-bond donors (Lipinski definition) is 1. The number of amides is 1. The number of rotatable bonds is 4. The van der Waals surface area contributed by atoms with Crippen LogP contribution in [-0.2, 0) is 9.59 Å². The van der Waals surface area contributed by atoms with Crippen molar-refractivity contribution in [1.29, 1.82) is 0 Å². The summed E-state index contributed by atoms with van der Waals surface area (Å²) >= 11 is 16.9. The summed E-state index contributed by atoms with van der Waals surface area (Å²) in [5.41, 5.74) is 0.400. The Labute approximate surface area is 126 Å². The van der Waals surface area contributed by atoms with Crippen LogP contribution >= 0.6 is 47.2 Å². The van der Waals surface area contributed by atoms with Gasteiger partial charge in [-0.1, -0.05) is 30.1 Å². The van der Waals surface area contributed by atoms with E-state index in [1.807, 2.05) is 0 Å². The van der Waals surface area contributed by atoms with Gasteiger partial charge in [0.05, 0.1) is 10.7 Å². The van der Waals surface area contributed by atoms with Crippen LogP contribution in [0.3, 0.4) is 0 Å². The lowest BCUT2D eigenvalue weighted by molar-refractivity contribution is -0.126. The van der Waals surface area contributed by atoms with E-state index in [1.165, 1.54) is 6.07 Å². The van der Waals surface area contributed by atoms with Gasteiger partial charge in [-0.05, 0) is 36.2 Å². The highest BCUT2D eigenvalue weighted by molar-refractivity contribution is 6.65. The predicted octanol–water partition coefficient (Wildman–Crippen LogP) is 4.15. The molecule has 0 aliphatic heterocycles. The molecule has 0 radical (unpaired) electrons. The molecule has 7 heteroatoms. The molecule has 1 aromatic carbocycles. The van der Waals surface area contributed by atoms with E-state index in [-0.39, 0.29) is 12.4 Å². The Hall–Kier alpha value is -0.480. The molecule has 1 amide bonds. The lowest BCUT2D eigenvalue weighted by Crippen LogP contribution is -2.26. The van der Waals surface area contributed by atoms with E-state index in [9.17, 15) is 9.59 Å². The maximum absolute atomic E-state index is 11.7. The molecule has 0 aliphatic carbocycles. The van der Waals surface area contributed by atoms with Crippen LogP contribution in [0.5, 0.6) is 0 Å². The second-order valence-electron chi connectivity index (χ2n) is 3.38. The molecule has 1 N–H and O–H groups in total. The van der Waals surface area contributed by atoms with Crippen LogP contribution < -0.4 is 5.32 Å². The Balaban J connectivity index is 0.00000289. The Morgan fingerprint density at radius 2 is 1.94 bits per heavy atom. The van der Waals surface area contributed by atoms with Crippen molar-refractivity contribution < 1.29 is 9.59 Å². The van der Waals surface area contributed by atoms with Gasteiger partial charge in [0.25, 0.3) is 0 Å². The first-order valence-corrected chi connectivity index (χ1v) is 6.04. The van der Waals surface area contributed by atoms with Crippen LogP contribution in [0.15, 0.2) is 18.2 Å². The Morgan fingerprint density at radius 1 is 1.33 bits per heavy atom. The fourth-order valence-electron chi connectivity index (χ4n) is 1.26. The number of halogens is 4. The zero-order valence-electron chi connectivity index (χ0n) is 9.38. The van der Waals surface area contributed by atoms with Gasteiger partial charge in [-0.2, -0.15) is 0 Å². The quantitative estimate of drug-likeness (QED) is 0.666. The van der Waals surface area contributed by atoms with Crippen LogP contribution in [0.25, 0.3) is 0 Å². The number of anilines is 1. The van der Waals surface area contributed by atoms with E-state index >= 15 is 0 Å². The summed E-state index contributed by atoms with van der Waals surface area (Å²) in [6, 6.07) is 4.66. The standard InChI is InChI=1S/C11H10Cl3NO2.ClH/c1-2-7(10(14)16)11(17)15-9-4-3-6(12)5-8(9)13;/h3-5,7H,2H2,1H3,(H,15,17);1H. The average molecular weight is 331 g/mol. The summed E-state index contributed by atoms with van der Waals surface area (Å²) < 4.78 is 0. The maximum atomic E-state index is 11.7. The minimum absolute atomic E-state index is 0. The second-order valence-corrected chi connectivity index (χ2v) is 4.59. The third-order valence-electron chi connectivity index (χ3n) is 2.19. The van der Waals surface area contributed by atoms with Crippen molar-refractivity contribution in [2.45, 2.75) is 13.3 Å². The van der Waals surface area contributed by atoms with Crippen LogP contribution in [0, 0.1) is 5.92 Å². The van der Waals surface area contributed by atoms with Crippen molar-refractivity contribution in [2.24, 2.45) is 5.92 Å². The first-order chi connectivity index (χ1) is 7.95. The van der Waals surface area contributed by atoms with Crippen molar-refractivity contribution in [3.8, 4) is 0 Å². The molecule has 1 unspecified atom stereocenters. The van der Waals surface area contributed by atoms with Crippen LogP contribution in [-0.4, -0.2) is 11.1 Å². The highest BCUT2D eigenvalue weighted by atomic mass is 35.5. The van der Waals surface area contributed by atoms with E-state index in [0.717, 1.165) is 0 Å². The van der Waals surface area contributed by atoms with Crippen LogP contribution in [0.1, 0.15) is 13.3 Å². The molecule has 0 heterocycles. The van der Waals surface area contributed by atoms with Crippen molar-refractivity contribution in [2.75, 3.05) is 5.32 Å². The molecular weight excluding hydrogens is 320 g/mol. The summed E-state index contributed by atoms with van der Waals surface area (Å²) in [4.78, 5) is 22.7. The minimum Gasteiger partial charge on any atom is -0.324 e. The van der Waals surface area contributed by atoms with Gasteiger partial charge >= 0.3 is 0 Å².